The third-order valence-electron chi connectivity index (χ3n) is 15.6. The van der Waals surface area contributed by atoms with E-state index in [2.05, 4.69) is 240 Å². The fraction of sp³-hybridized carbons (Fsp3) is 0.600. The summed E-state index contributed by atoms with van der Waals surface area (Å²) in [5.74, 6) is 0. The molecular weight excluding hydrogens is 1980 g/mol. The number of carbonyl (C=O) groups excluding carboxylic acids is 2. The van der Waals surface area contributed by atoms with Crippen molar-refractivity contribution in [3.8, 4) is 12.1 Å². The van der Waals surface area contributed by atoms with Crippen LogP contribution in [0.15, 0.2) is 97.1 Å². The number of likely N-dealkylation sites (N-methyl/N-ethyl adjacent to an activating group) is 12. The molecule has 2 heterocycles. The molecule has 0 unspecified atom stereocenters. The van der Waals surface area contributed by atoms with E-state index in [4.69, 9.17) is 92.4 Å². The van der Waals surface area contributed by atoms with Gasteiger partial charge in [-0.2, -0.15) is 63.2 Å². The van der Waals surface area contributed by atoms with Crippen LogP contribution in [-0.4, -0.2) is 340 Å². The first-order valence-electron chi connectivity index (χ1n) is 34.8. The molecule has 125 heavy (non-hydrogen) atoms. The molecule has 0 amide bonds. The van der Waals surface area contributed by atoms with E-state index < -0.39 is 74.8 Å². The standard InChI is InChI=1S/2C30H50N6.2C2H3N.4CHF3O3S.2CH2O3.4Cu.3H2O/c2*1-31-13-17-33(3)23-27-9-7-11-29(21-27)25-35(5)19-15-32(2)16-20-36(6)26-30-12-8-10-28(22-30)24-34(4)18-14-31;2*1-2-3;4*2-1(3,4)8(5,6)7;2*2-1(3)4;;;;;;;/h2*7-12,21-22H,13-20,23-26H2,1-6H3;2*1H3;4*(H,5,6,7);2*(H2,2,3,4);;;;;3*1H2/q;;;;;;;;;;4*+2;;;/p-6. The van der Waals surface area contributed by atoms with Crippen LogP contribution in [0.5, 0.6) is 0 Å². The van der Waals surface area contributed by atoms with Crippen LogP contribution in [0.2, 0.25) is 0 Å². The van der Waals surface area contributed by atoms with Crippen LogP contribution < -0.4 is 20.4 Å². The van der Waals surface area contributed by atoms with Crippen LogP contribution >= 0.6 is 0 Å². The zero-order valence-corrected chi connectivity index (χ0v) is 77.9. The minimum atomic E-state index is -6.09. The first-order chi connectivity index (χ1) is 53.8. The summed E-state index contributed by atoms with van der Waals surface area (Å²) in [5.41, 5.74) is -11.3. The second kappa shape index (κ2) is 72.4. The maximum atomic E-state index is 10.7. The second-order valence-corrected chi connectivity index (χ2v) is 32.4. The number of carbonyl (C=O) groups is 2. The molecule has 0 fully saturated rings. The Morgan fingerprint density at radius 2 is 0.352 bits per heavy atom. The first kappa shape index (κ1) is 143. The molecule has 35 nitrogen and oxygen atoms in total. The van der Waals surface area contributed by atoms with Gasteiger partial charge in [-0.3, -0.25) is 0 Å². The van der Waals surface area contributed by atoms with Crippen LogP contribution in [0, 0.1) is 22.7 Å². The van der Waals surface area contributed by atoms with Crippen LogP contribution in [0.4, 0.5) is 62.3 Å². The number of rotatable bonds is 0. The Balaban J connectivity index is -0.000000149. The predicted octanol–water partition coefficient (Wildman–Crippen LogP) is -0.325. The Morgan fingerprint density at radius 3 is 0.424 bits per heavy atom. The molecule has 4 aromatic carbocycles. The number of alkyl halides is 12. The van der Waals surface area contributed by atoms with Crippen molar-refractivity contribution < 1.29 is 219 Å². The van der Waals surface area contributed by atoms with E-state index in [-0.39, 0.29) is 84.7 Å². The number of nitrogens with zero attached hydrogens (tertiary/aromatic N) is 14. The van der Waals surface area contributed by atoms with Gasteiger partial charge in [0.25, 0.3) is 0 Å². The van der Waals surface area contributed by atoms with E-state index in [0.717, 1.165) is 157 Å². The van der Waals surface area contributed by atoms with Crippen LogP contribution in [0.25, 0.3) is 0 Å². The number of hydrogen-bond donors (Lipinski definition) is 0. The maximum Gasteiger partial charge on any atom is 2.00 e. The number of carboxylic acid groups (broad SMARTS) is 4. The number of benzene rings is 4. The molecule has 6 rings (SSSR count). The molecule has 0 spiro atoms. The Kier molecular flexibility index (Phi) is 82.6. The average molecular weight is 2100 g/mol. The van der Waals surface area contributed by atoms with Gasteiger partial charge in [0.2, 0.25) is 0 Å². The van der Waals surface area contributed by atoms with Crippen LogP contribution in [-0.2, 0) is 172 Å². The molecule has 0 saturated carbocycles. The topological polar surface area (TPSA) is 539 Å². The Labute approximate surface area is 767 Å². The van der Waals surface area contributed by atoms with Gasteiger partial charge in [-0.1, -0.05) is 97.1 Å². The molecule has 740 valence electrons. The quantitative estimate of drug-likeness (QED) is 0.0715. The summed E-state index contributed by atoms with van der Waals surface area (Å²) >= 11 is 0. The van der Waals surface area contributed by atoms with E-state index in [1.165, 1.54) is 58.4 Å². The molecule has 4 aromatic rings. The van der Waals surface area contributed by atoms with Crippen molar-refractivity contribution >= 4 is 52.8 Å². The number of hydrogen-bond acceptors (Lipinski definition) is 32. The van der Waals surface area contributed by atoms with Gasteiger partial charge in [0, 0.05) is 171 Å². The molecule has 8 N–H and O–H groups in total. The van der Waals surface area contributed by atoms with Crippen molar-refractivity contribution in [2.75, 3.05) is 189 Å². The van der Waals surface area contributed by atoms with Gasteiger partial charge in [-0.15, -0.1) is 0 Å². The minimum absolute atomic E-state index is 0. The maximum absolute atomic E-state index is 10.7. The first-order valence-corrected chi connectivity index (χ1v) is 40.5. The summed E-state index contributed by atoms with van der Waals surface area (Å²) in [7, 11) is 2.54. The average Bonchev–Trinajstić information content (AvgIpc) is 0.868. The van der Waals surface area contributed by atoms with Gasteiger partial charge in [0.15, 0.2) is 40.5 Å². The van der Waals surface area contributed by atoms with Gasteiger partial charge in [0.05, 0.1) is 12.1 Å². The van der Waals surface area contributed by atoms with Crippen molar-refractivity contribution in [1.29, 1.82) is 10.5 Å². The second-order valence-electron chi connectivity index (χ2n) is 26.9. The predicted molar refractivity (Wildman–Crippen MR) is 416 cm³/mol. The Morgan fingerprint density at radius 1 is 0.280 bits per heavy atom. The van der Waals surface area contributed by atoms with Gasteiger partial charge in [-0.05, 0) is 141 Å². The van der Waals surface area contributed by atoms with Crippen molar-refractivity contribution in [3.63, 3.8) is 0 Å². The van der Waals surface area contributed by atoms with Crippen LogP contribution in [0.1, 0.15) is 58.4 Å². The summed E-state index contributed by atoms with van der Waals surface area (Å²) in [6.07, 6.45) is -4.67. The van der Waals surface area contributed by atoms with E-state index in [9.17, 15) is 52.7 Å². The number of fused-ring (bicyclic) bond motifs is 8. The summed E-state index contributed by atoms with van der Waals surface area (Å²) in [6, 6.07) is 40.0. The van der Waals surface area contributed by atoms with E-state index in [0.29, 0.717) is 0 Å². The summed E-state index contributed by atoms with van der Waals surface area (Å²) in [4.78, 5) is 46.0. The molecule has 55 heteroatoms. The van der Waals surface area contributed by atoms with Crippen molar-refractivity contribution in [2.45, 2.75) is 88.2 Å². The number of nitriles is 2. The van der Waals surface area contributed by atoms with Gasteiger partial charge in [-0.25, -0.2) is 33.7 Å². The monoisotopic (exact) mass is 2090 g/mol. The molecule has 8 bridgehead atoms. The fourth-order valence-corrected chi connectivity index (χ4v) is 9.61. The normalized spacial score (nSPS) is 16.4. The van der Waals surface area contributed by atoms with Crippen molar-refractivity contribution in [1.82, 2.24) is 58.8 Å². The molecule has 0 aromatic heterocycles. The molecule has 0 aliphatic carbocycles. The molecule has 0 saturated heterocycles. The number of halogens is 12. The van der Waals surface area contributed by atoms with E-state index in [1.54, 1.807) is 12.1 Å². The van der Waals surface area contributed by atoms with Crippen molar-refractivity contribution in [2.24, 2.45) is 0 Å². The SMILES string of the molecule is CC#N.CC#N.CN1CCN(C)Cc2cccc(c2)CN(C)CCN(C)CCN(C)Cc2cccc(c2)CN(C)CC1.CN1CCN(C)Cc2cccc(c2)CN(C)CCN(C)CCN(C)Cc2cccc(c2)CN(C)CC1.O.O=C([O-])[O-].O=C([O-])[O-].O=S(=O)([O-])C(F)(F)F.O=S(=O)([O-])C(F)(F)F.O=S(=O)([O-])C(F)(F)F.O=S(=O)([O-])C(F)(F)F.[Cu+2].[Cu+2].[Cu+2].[Cu+2].[OH3+].[OH3+]. The van der Waals surface area contributed by atoms with Gasteiger partial charge >= 0.3 is 90.3 Å². The summed E-state index contributed by atoms with van der Waals surface area (Å²) < 4.78 is 236. The molecular formula is C70H114Cu4F12N14O21S4+2. The van der Waals surface area contributed by atoms with Gasteiger partial charge in [0.1, 0.15) is 0 Å². The van der Waals surface area contributed by atoms with E-state index >= 15 is 0 Å². The fourth-order valence-electron chi connectivity index (χ4n) is 9.61. The molecule has 2 aliphatic heterocycles. The van der Waals surface area contributed by atoms with Crippen LogP contribution in [0.3, 0.4) is 0 Å². The summed E-state index contributed by atoms with van der Waals surface area (Å²) in [6.45, 7) is 28.1. The zero-order chi connectivity index (χ0) is 92.4. The molecule has 2 aliphatic rings. The summed E-state index contributed by atoms with van der Waals surface area (Å²) in [5, 5.41) is 48.0. The molecule has 0 atom stereocenters. The largest absolute Gasteiger partial charge is 2.00 e. The van der Waals surface area contributed by atoms with Gasteiger partial charge < -0.3 is 123 Å². The Hall–Kier alpha value is -5.32. The Bertz CT molecular complexity index is 3460. The molecule has 4 radical (unpaired) electrons. The minimum Gasteiger partial charge on any atom is -0.741 e. The third kappa shape index (κ3) is 79.4. The van der Waals surface area contributed by atoms with Crippen molar-refractivity contribution in [3.05, 3.63) is 142 Å². The smallest absolute Gasteiger partial charge is 0.741 e. The zero-order valence-electron chi connectivity index (χ0n) is 70.8. The van der Waals surface area contributed by atoms with E-state index in [1.807, 2.05) is 0 Å². The third-order valence-corrected chi connectivity index (χ3v) is 17.9.